The monoisotopic (exact) mass is 276 g/mol. The zero-order chi connectivity index (χ0) is 14.8. The molecule has 0 aromatic carbocycles. The van der Waals surface area contributed by atoms with Crippen molar-refractivity contribution in [3.05, 3.63) is 0 Å². The highest BCUT2D eigenvalue weighted by atomic mass is 16.5. The van der Waals surface area contributed by atoms with E-state index < -0.39 is 17.9 Å². The predicted molar refractivity (Wildman–Crippen MR) is 70.1 cm³/mol. The number of carboxylic acids is 1. The summed E-state index contributed by atoms with van der Waals surface area (Å²) in [5.41, 5.74) is 0. The van der Waals surface area contributed by atoms with Crippen LogP contribution >= 0.6 is 0 Å². The van der Waals surface area contributed by atoms with Crippen molar-refractivity contribution in [1.82, 2.24) is 10.2 Å². The van der Waals surface area contributed by atoms with Crippen LogP contribution in [-0.4, -0.2) is 68.6 Å². The van der Waals surface area contributed by atoms with Crippen LogP contribution in [0.15, 0.2) is 0 Å². The van der Waals surface area contributed by atoms with Gasteiger partial charge < -0.3 is 24.8 Å². The standard InChI is InChI=1S/C12H24N2O5/c1-9(11(15)16)10(2)13-12(17)14(5-7-18-3)6-8-19-4/h9-10H,5-8H2,1-4H3,(H,13,17)(H,15,16). The summed E-state index contributed by atoms with van der Waals surface area (Å²) < 4.78 is 9.87. The smallest absolute Gasteiger partial charge is 0.317 e. The SMILES string of the molecule is COCCN(CCOC)C(=O)NC(C)C(C)C(=O)O. The van der Waals surface area contributed by atoms with Crippen LogP contribution in [0.4, 0.5) is 4.79 Å². The van der Waals surface area contributed by atoms with Gasteiger partial charge in [0.15, 0.2) is 0 Å². The van der Waals surface area contributed by atoms with E-state index in [9.17, 15) is 9.59 Å². The number of methoxy groups -OCH3 is 2. The number of hydrogen-bond donors (Lipinski definition) is 2. The molecule has 0 aromatic heterocycles. The highest BCUT2D eigenvalue weighted by Crippen LogP contribution is 2.03. The number of carbonyl (C=O) groups is 2. The molecule has 112 valence electrons. The van der Waals surface area contributed by atoms with Crippen molar-refractivity contribution >= 4 is 12.0 Å². The fourth-order valence-corrected chi connectivity index (χ4v) is 1.34. The Morgan fingerprint density at radius 1 is 1.16 bits per heavy atom. The lowest BCUT2D eigenvalue weighted by atomic mass is 10.0. The second kappa shape index (κ2) is 9.57. The Labute approximate surface area is 113 Å². The van der Waals surface area contributed by atoms with Crippen LogP contribution in [0.3, 0.4) is 0 Å². The maximum absolute atomic E-state index is 12.0. The predicted octanol–water partition coefficient (Wildman–Crippen LogP) is 0.400. The van der Waals surface area contributed by atoms with Crippen molar-refractivity contribution in [2.75, 3.05) is 40.5 Å². The molecule has 2 unspecified atom stereocenters. The van der Waals surface area contributed by atoms with Gasteiger partial charge in [-0.25, -0.2) is 4.79 Å². The summed E-state index contributed by atoms with van der Waals surface area (Å²) in [4.78, 5) is 24.4. The molecule has 0 rings (SSSR count). The number of ether oxygens (including phenoxy) is 2. The fourth-order valence-electron chi connectivity index (χ4n) is 1.34. The number of nitrogens with one attached hydrogen (secondary N) is 1. The second-order valence-corrected chi connectivity index (χ2v) is 4.34. The molecule has 19 heavy (non-hydrogen) atoms. The van der Waals surface area contributed by atoms with E-state index in [-0.39, 0.29) is 6.03 Å². The largest absolute Gasteiger partial charge is 0.481 e. The Morgan fingerprint density at radius 2 is 1.63 bits per heavy atom. The third-order valence-corrected chi connectivity index (χ3v) is 2.91. The van der Waals surface area contributed by atoms with E-state index in [1.807, 2.05) is 0 Å². The lowest BCUT2D eigenvalue weighted by Gasteiger charge is -2.26. The summed E-state index contributed by atoms with van der Waals surface area (Å²) in [6, 6.07) is -0.757. The van der Waals surface area contributed by atoms with Gasteiger partial charge in [-0.2, -0.15) is 0 Å². The summed E-state index contributed by atoms with van der Waals surface area (Å²) in [5.74, 6) is -1.58. The van der Waals surface area contributed by atoms with Gasteiger partial charge in [0.1, 0.15) is 0 Å². The van der Waals surface area contributed by atoms with Gasteiger partial charge in [-0.05, 0) is 13.8 Å². The molecule has 0 aliphatic heterocycles. The first kappa shape index (κ1) is 17.7. The molecule has 0 heterocycles. The van der Waals surface area contributed by atoms with E-state index >= 15 is 0 Å². The summed E-state index contributed by atoms with van der Waals surface area (Å²) in [6.07, 6.45) is 0. The average molecular weight is 276 g/mol. The fraction of sp³-hybridized carbons (Fsp3) is 0.833. The molecule has 0 fully saturated rings. The lowest BCUT2D eigenvalue weighted by Crippen LogP contribution is -2.49. The quantitative estimate of drug-likeness (QED) is 0.636. The topological polar surface area (TPSA) is 88.1 Å². The van der Waals surface area contributed by atoms with E-state index in [2.05, 4.69) is 5.32 Å². The molecule has 0 aliphatic carbocycles. The molecular formula is C12H24N2O5. The first-order chi connectivity index (χ1) is 8.93. The van der Waals surface area contributed by atoms with Crippen molar-refractivity contribution in [1.29, 1.82) is 0 Å². The van der Waals surface area contributed by atoms with Crippen LogP contribution in [0, 0.1) is 5.92 Å². The van der Waals surface area contributed by atoms with Crippen molar-refractivity contribution in [3.8, 4) is 0 Å². The summed E-state index contributed by atoms with van der Waals surface area (Å²) in [5, 5.41) is 11.6. The zero-order valence-electron chi connectivity index (χ0n) is 12.0. The number of hydrogen-bond acceptors (Lipinski definition) is 4. The Hall–Kier alpha value is -1.34. The first-order valence-corrected chi connectivity index (χ1v) is 6.20. The van der Waals surface area contributed by atoms with Crippen LogP contribution < -0.4 is 5.32 Å². The molecule has 0 aromatic rings. The van der Waals surface area contributed by atoms with Gasteiger partial charge in [0.05, 0.1) is 19.1 Å². The molecule has 7 nitrogen and oxygen atoms in total. The minimum Gasteiger partial charge on any atom is -0.481 e. The number of carbonyl (C=O) groups excluding carboxylic acids is 1. The Kier molecular flexibility index (Phi) is 8.90. The minimum atomic E-state index is -0.937. The van der Waals surface area contributed by atoms with Crippen LogP contribution in [-0.2, 0) is 14.3 Å². The second-order valence-electron chi connectivity index (χ2n) is 4.34. The molecule has 0 saturated carbocycles. The number of carboxylic acid groups (broad SMARTS) is 1. The van der Waals surface area contributed by atoms with E-state index in [0.29, 0.717) is 26.3 Å². The Balaban J connectivity index is 4.39. The molecule has 0 radical (unpaired) electrons. The van der Waals surface area contributed by atoms with Gasteiger partial charge in [-0.15, -0.1) is 0 Å². The highest BCUT2D eigenvalue weighted by Gasteiger charge is 2.23. The van der Waals surface area contributed by atoms with Gasteiger partial charge in [0, 0.05) is 33.4 Å². The number of rotatable bonds is 9. The molecule has 2 amide bonds. The third-order valence-electron chi connectivity index (χ3n) is 2.91. The summed E-state index contributed by atoms with van der Waals surface area (Å²) in [6.45, 7) is 4.92. The van der Waals surface area contributed by atoms with Gasteiger partial charge in [-0.1, -0.05) is 0 Å². The minimum absolute atomic E-state index is 0.310. The number of urea groups is 1. The van der Waals surface area contributed by atoms with E-state index in [4.69, 9.17) is 14.6 Å². The van der Waals surface area contributed by atoms with E-state index in [1.54, 1.807) is 28.1 Å². The molecular weight excluding hydrogens is 252 g/mol. The van der Waals surface area contributed by atoms with Crippen LogP contribution in [0.1, 0.15) is 13.8 Å². The van der Waals surface area contributed by atoms with Gasteiger partial charge in [0.25, 0.3) is 0 Å². The average Bonchev–Trinajstić information content (AvgIpc) is 2.37. The van der Waals surface area contributed by atoms with Crippen molar-refractivity contribution in [2.24, 2.45) is 5.92 Å². The Bertz CT molecular complexity index is 277. The number of nitrogens with zero attached hydrogens (tertiary/aromatic N) is 1. The highest BCUT2D eigenvalue weighted by molar-refractivity contribution is 5.76. The normalized spacial score (nSPS) is 13.7. The maximum atomic E-state index is 12.0. The molecule has 2 atom stereocenters. The van der Waals surface area contributed by atoms with Crippen LogP contribution in [0.5, 0.6) is 0 Å². The van der Waals surface area contributed by atoms with Crippen molar-refractivity contribution in [3.63, 3.8) is 0 Å². The molecule has 0 bridgehead atoms. The van der Waals surface area contributed by atoms with Gasteiger partial charge in [0.2, 0.25) is 0 Å². The van der Waals surface area contributed by atoms with E-state index in [0.717, 1.165) is 0 Å². The number of amides is 2. The number of aliphatic carboxylic acids is 1. The van der Waals surface area contributed by atoms with Crippen LogP contribution in [0.2, 0.25) is 0 Å². The van der Waals surface area contributed by atoms with Crippen LogP contribution in [0.25, 0.3) is 0 Å². The molecule has 0 saturated heterocycles. The maximum Gasteiger partial charge on any atom is 0.317 e. The molecule has 7 heteroatoms. The zero-order valence-corrected chi connectivity index (χ0v) is 12.0. The van der Waals surface area contributed by atoms with E-state index in [1.165, 1.54) is 4.90 Å². The summed E-state index contributed by atoms with van der Waals surface area (Å²) in [7, 11) is 3.11. The molecule has 2 N–H and O–H groups in total. The molecule has 0 spiro atoms. The van der Waals surface area contributed by atoms with Crippen molar-refractivity contribution < 1.29 is 24.2 Å². The Morgan fingerprint density at radius 3 is 2.00 bits per heavy atom. The van der Waals surface area contributed by atoms with Gasteiger partial charge >= 0.3 is 12.0 Å². The molecule has 0 aliphatic rings. The van der Waals surface area contributed by atoms with Crippen molar-refractivity contribution in [2.45, 2.75) is 19.9 Å². The third kappa shape index (κ3) is 6.97. The first-order valence-electron chi connectivity index (χ1n) is 6.20. The van der Waals surface area contributed by atoms with Gasteiger partial charge in [-0.3, -0.25) is 4.79 Å². The lowest BCUT2D eigenvalue weighted by molar-refractivity contribution is -0.141. The summed E-state index contributed by atoms with van der Waals surface area (Å²) >= 11 is 0.